The van der Waals surface area contributed by atoms with Crippen LogP contribution in [0.5, 0.6) is 0 Å². The summed E-state index contributed by atoms with van der Waals surface area (Å²) in [6.45, 7) is 2.52. The predicted molar refractivity (Wildman–Crippen MR) is 68.8 cm³/mol. The van der Waals surface area contributed by atoms with Gasteiger partial charge in [-0.1, -0.05) is 17.7 Å². The largest absolute Gasteiger partial charge is 0.243 e. The van der Waals surface area contributed by atoms with Gasteiger partial charge in [0, 0.05) is 18.5 Å². The number of nitrogens with zero attached hydrogens (tertiary/aromatic N) is 1. The molecular weight excluding hydrogens is 258 g/mol. The summed E-state index contributed by atoms with van der Waals surface area (Å²) in [6, 6.07) is 6.91. The maximum atomic E-state index is 12.4. The van der Waals surface area contributed by atoms with Crippen LogP contribution in [-0.4, -0.2) is 31.2 Å². The van der Waals surface area contributed by atoms with E-state index in [1.54, 1.807) is 12.1 Å². The van der Waals surface area contributed by atoms with Gasteiger partial charge in [0.15, 0.2) is 0 Å². The fraction of sp³-hybridized carbons (Fsp3) is 0.500. The van der Waals surface area contributed by atoms with Crippen molar-refractivity contribution in [2.24, 2.45) is 0 Å². The quantitative estimate of drug-likeness (QED) is 0.793. The van der Waals surface area contributed by atoms with Crippen molar-refractivity contribution in [3.63, 3.8) is 0 Å². The van der Waals surface area contributed by atoms with Crippen LogP contribution >= 0.6 is 11.6 Å². The molecule has 0 N–H and O–H groups in total. The smallest absolute Gasteiger partial charge is 0.207 e. The monoisotopic (exact) mass is 273 g/mol. The lowest BCUT2D eigenvalue weighted by atomic mass is 10.2. The van der Waals surface area contributed by atoms with E-state index in [-0.39, 0.29) is 6.04 Å². The van der Waals surface area contributed by atoms with Crippen LogP contribution in [0.3, 0.4) is 0 Å². The molecule has 17 heavy (non-hydrogen) atoms. The summed E-state index contributed by atoms with van der Waals surface area (Å²) in [5.74, 6) is 0.366. The molecule has 1 aromatic carbocycles. The number of aryl methyl sites for hydroxylation is 1. The van der Waals surface area contributed by atoms with Crippen LogP contribution in [0.2, 0.25) is 0 Å². The Morgan fingerprint density at radius 3 is 2.59 bits per heavy atom. The second-order valence-corrected chi connectivity index (χ2v) is 6.58. The highest BCUT2D eigenvalue weighted by atomic mass is 35.5. The standard InChI is InChI=1S/C12H16ClNO2S/c1-10-4-6-12(7-5-10)17(15,16)14-8-2-3-11(14)9-13/h4-7,11H,2-3,8-9H2,1H3/t11-/m0/s1. The van der Waals surface area contributed by atoms with E-state index < -0.39 is 10.0 Å². The molecule has 0 bridgehead atoms. The topological polar surface area (TPSA) is 37.4 Å². The molecule has 0 aliphatic carbocycles. The molecule has 0 unspecified atom stereocenters. The third-order valence-corrected chi connectivity index (χ3v) is 5.45. The van der Waals surface area contributed by atoms with Gasteiger partial charge in [0.05, 0.1) is 4.90 Å². The zero-order valence-corrected chi connectivity index (χ0v) is 11.3. The Labute approximate surface area is 107 Å². The van der Waals surface area contributed by atoms with E-state index in [2.05, 4.69) is 0 Å². The van der Waals surface area contributed by atoms with Gasteiger partial charge in [-0.05, 0) is 31.9 Å². The summed E-state index contributed by atoms with van der Waals surface area (Å²) < 4.78 is 26.3. The Bertz CT molecular complexity index is 484. The van der Waals surface area contributed by atoms with Crippen molar-refractivity contribution in [2.45, 2.75) is 30.7 Å². The van der Waals surface area contributed by atoms with Gasteiger partial charge in [-0.3, -0.25) is 0 Å². The van der Waals surface area contributed by atoms with Crippen molar-refractivity contribution < 1.29 is 8.42 Å². The molecule has 1 aliphatic heterocycles. The summed E-state index contributed by atoms with van der Waals surface area (Å²) in [6.07, 6.45) is 1.75. The van der Waals surface area contributed by atoms with Gasteiger partial charge >= 0.3 is 0 Å². The van der Waals surface area contributed by atoms with Gasteiger partial charge in [-0.25, -0.2) is 8.42 Å². The Morgan fingerprint density at radius 2 is 2.00 bits per heavy atom. The SMILES string of the molecule is Cc1ccc(S(=O)(=O)N2CCC[C@H]2CCl)cc1. The van der Waals surface area contributed by atoms with Crippen molar-refractivity contribution in [2.75, 3.05) is 12.4 Å². The lowest BCUT2D eigenvalue weighted by Crippen LogP contribution is -2.36. The predicted octanol–water partition coefficient (Wildman–Crippen LogP) is 2.39. The van der Waals surface area contributed by atoms with Crippen molar-refractivity contribution in [1.29, 1.82) is 0 Å². The number of rotatable bonds is 3. The van der Waals surface area contributed by atoms with Gasteiger partial charge in [0.1, 0.15) is 0 Å². The number of sulfonamides is 1. The number of benzene rings is 1. The first-order chi connectivity index (χ1) is 8.05. The Morgan fingerprint density at radius 1 is 1.35 bits per heavy atom. The average molecular weight is 274 g/mol. The molecule has 0 amide bonds. The molecule has 1 heterocycles. The summed E-state index contributed by atoms with van der Waals surface area (Å²) >= 11 is 5.82. The average Bonchev–Trinajstić information content (AvgIpc) is 2.78. The first-order valence-corrected chi connectivity index (χ1v) is 7.67. The molecule has 1 aliphatic rings. The van der Waals surface area contributed by atoms with Crippen LogP contribution in [0, 0.1) is 6.92 Å². The van der Waals surface area contributed by atoms with E-state index in [1.165, 1.54) is 4.31 Å². The molecular formula is C12H16ClNO2S. The van der Waals surface area contributed by atoms with Crippen molar-refractivity contribution in [1.82, 2.24) is 4.31 Å². The Balaban J connectivity index is 2.33. The van der Waals surface area contributed by atoms with Crippen LogP contribution in [0.1, 0.15) is 18.4 Å². The highest BCUT2D eigenvalue weighted by Crippen LogP contribution is 2.26. The maximum absolute atomic E-state index is 12.4. The molecule has 3 nitrogen and oxygen atoms in total. The highest BCUT2D eigenvalue weighted by Gasteiger charge is 2.34. The van der Waals surface area contributed by atoms with E-state index in [0.717, 1.165) is 18.4 Å². The van der Waals surface area contributed by atoms with E-state index in [0.29, 0.717) is 17.3 Å². The highest BCUT2D eigenvalue weighted by molar-refractivity contribution is 7.89. The molecule has 0 saturated carbocycles. The van der Waals surface area contributed by atoms with Crippen molar-refractivity contribution >= 4 is 21.6 Å². The maximum Gasteiger partial charge on any atom is 0.243 e. The molecule has 94 valence electrons. The second kappa shape index (κ2) is 4.96. The molecule has 2 rings (SSSR count). The number of alkyl halides is 1. The van der Waals surface area contributed by atoms with E-state index in [4.69, 9.17) is 11.6 Å². The number of hydrogen-bond donors (Lipinski definition) is 0. The minimum absolute atomic E-state index is 0.0528. The molecule has 0 radical (unpaired) electrons. The van der Waals surface area contributed by atoms with Crippen LogP contribution in [0.15, 0.2) is 29.2 Å². The van der Waals surface area contributed by atoms with E-state index >= 15 is 0 Å². The molecule has 5 heteroatoms. The Kier molecular flexibility index (Phi) is 3.76. The van der Waals surface area contributed by atoms with Gasteiger partial charge in [0.25, 0.3) is 0 Å². The van der Waals surface area contributed by atoms with Gasteiger partial charge < -0.3 is 0 Å². The third-order valence-electron chi connectivity index (χ3n) is 3.13. The second-order valence-electron chi connectivity index (χ2n) is 4.38. The number of hydrogen-bond acceptors (Lipinski definition) is 2. The molecule has 1 fully saturated rings. The third kappa shape index (κ3) is 2.49. The normalized spacial score (nSPS) is 21.9. The van der Waals surface area contributed by atoms with Crippen LogP contribution in [0.4, 0.5) is 0 Å². The van der Waals surface area contributed by atoms with Crippen LogP contribution in [0.25, 0.3) is 0 Å². The first kappa shape index (κ1) is 12.9. The van der Waals surface area contributed by atoms with E-state index in [1.807, 2.05) is 19.1 Å². The minimum atomic E-state index is -3.37. The summed E-state index contributed by atoms with van der Waals surface area (Å²) in [5.41, 5.74) is 1.05. The van der Waals surface area contributed by atoms with E-state index in [9.17, 15) is 8.42 Å². The fourth-order valence-electron chi connectivity index (χ4n) is 2.13. The lowest BCUT2D eigenvalue weighted by molar-refractivity contribution is 0.411. The van der Waals surface area contributed by atoms with Crippen molar-refractivity contribution in [3.8, 4) is 0 Å². The molecule has 0 aromatic heterocycles. The Hall–Kier alpha value is -0.580. The molecule has 1 aromatic rings. The lowest BCUT2D eigenvalue weighted by Gasteiger charge is -2.22. The molecule has 0 spiro atoms. The molecule has 1 atom stereocenters. The zero-order valence-electron chi connectivity index (χ0n) is 9.77. The van der Waals surface area contributed by atoms with Gasteiger partial charge in [-0.15, -0.1) is 11.6 Å². The van der Waals surface area contributed by atoms with Crippen LogP contribution in [-0.2, 0) is 10.0 Å². The molecule has 1 saturated heterocycles. The zero-order chi connectivity index (χ0) is 12.5. The van der Waals surface area contributed by atoms with Crippen LogP contribution < -0.4 is 0 Å². The minimum Gasteiger partial charge on any atom is -0.207 e. The van der Waals surface area contributed by atoms with Crippen molar-refractivity contribution in [3.05, 3.63) is 29.8 Å². The van der Waals surface area contributed by atoms with Gasteiger partial charge in [0.2, 0.25) is 10.0 Å². The summed E-state index contributed by atoms with van der Waals surface area (Å²) in [7, 11) is -3.37. The summed E-state index contributed by atoms with van der Waals surface area (Å²) in [4.78, 5) is 0.361. The summed E-state index contributed by atoms with van der Waals surface area (Å²) in [5, 5.41) is 0. The first-order valence-electron chi connectivity index (χ1n) is 5.70. The van der Waals surface area contributed by atoms with Gasteiger partial charge in [-0.2, -0.15) is 4.31 Å². The fourth-order valence-corrected chi connectivity index (χ4v) is 4.22. The number of halogens is 1.